The van der Waals surface area contributed by atoms with E-state index < -0.39 is 36.8 Å². The quantitative estimate of drug-likeness (QED) is 0.453. The number of urea groups is 1. The van der Waals surface area contributed by atoms with Gasteiger partial charge in [-0.25, -0.2) is 13.6 Å². The van der Waals surface area contributed by atoms with Crippen LogP contribution in [-0.2, 0) is 11.3 Å². The molecule has 2 amide bonds. The second-order valence-electron chi connectivity index (χ2n) is 10.5. The van der Waals surface area contributed by atoms with Crippen LogP contribution in [0.2, 0.25) is 0 Å². The fraction of sp³-hybridized carbons (Fsp3) is 0.583. The maximum absolute atomic E-state index is 14.1. The Balaban J connectivity index is 1.31. The maximum atomic E-state index is 14.1. The zero-order chi connectivity index (χ0) is 27.6. The number of nitrogens with one attached hydrogen (secondary N) is 2. The molecule has 1 saturated carbocycles. The Hall–Kier alpha value is -3.49. The molecule has 2 saturated heterocycles. The van der Waals surface area contributed by atoms with Gasteiger partial charge in [0, 0.05) is 38.4 Å². The number of anilines is 2. The van der Waals surface area contributed by atoms with Crippen molar-refractivity contribution in [2.45, 2.75) is 62.4 Å². The molecule has 1 spiro atoms. The van der Waals surface area contributed by atoms with Crippen LogP contribution in [0.5, 0.6) is 0 Å². The summed E-state index contributed by atoms with van der Waals surface area (Å²) in [4.78, 5) is 20.6. The van der Waals surface area contributed by atoms with Crippen LogP contribution in [0.15, 0.2) is 18.5 Å². The molecular weight excluding hydrogens is 527 g/mol. The number of fused-ring (bicyclic) bond motifs is 1. The van der Waals surface area contributed by atoms with E-state index in [1.165, 1.54) is 23.4 Å². The number of piperidine rings is 1. The van der Waals surface area contributed by atoms with Crippen LogP contribution in [0.25, 0.3) is 22.3 Å². The van der Waals surface area contributed by atoms with Crippen molar-refractivity contribution in [2.75, 3.05) is 37.0 Å². The summed E-state index contributed by atoms with van der Waals surface area (Å²) in [6.45, 7) is -0.904. The molecule has 2 aliphatic heterocycles. The second kappa shape index (κ2) is 9.03. The first-order valence-corrected chi connectivity index (χ1v) is 12.7. The number of halogens is 5. The van der Waals surface area contributed by atoms with Crippen molar-refractivity contribution in [1.82, 2.24) is 29.9 Å². The van der Waals surface area contributed by atoms with Crippen molar-refractivity contribution in [3.05, 3.63) is 18.5 Å². The van der Waals surface area contributed by atoms with Crippen LogP contribution in [0.3, 0.4) is 0 Å². The van der Waals surface area contributed by atoms with Gasteiger partial charge >= 0.3 is 12.2 Å². The van der Waals surface area contributed by atoms with E-state index in [1.54, 1.807) is 7.11 Å². The van der Waals surface area contributed by atoms with E-state index in [2.05, 4.69) is 25.6 Å². The van der Waals surface area contributed by atoms with Crippen molar-refractivity contribution in [3.8, 4) is 11.4 Å². The Morgan fingerprint density at radius 2 is 2.00 bits per heavy atom. The summed E-state index contributed by atoms with van der Waals surface area (Å²) in [5, 5.41) is 14.0. The number of methoxy groups -OCH3 is 1. The average Bonchev–Trinajstić information content (AvgIpc) is 3.20. The smallest absolute Gasteiger partial charge is 0.380 e. The molecule has 3 aromatic rings. The third-order valence-corrected chi connectivity index (χ3v) is 7.85. The second-order valence-corrected chi connectivity index (χ2v) is 10.5. The first-order valence-electron chi connectivity index (χ1n) is 12.7. The number of alkyl halides is 5. The first-order chi connectivity index (χ1) is 18.5. The molecule has 10 nitrogen and oxygen atoms in total. The van der Waals surface area contributed by atoms with Crippen LogP contribution < -0.4 is 10.2 Å². The Bertz CT molecular complexity index is 1400. The number of amides is 2. The Labute approximate surface area is 219 Å². The lowest BCUT2D eigenvalue weighted by Crippen LogP contribution is -2.54. The molecule has 0 bridgehead atoms. The number of aromatic nitrogens is 5. The SMILES string of the molecule is COC1CCN(c2nn(CC(F)(F)F)c3cc(-c4[nH]ncc4NC(=O)N4CC(F)(F)CCC45CC5)ncc23)C1. The van der Waals surface area contributed by atoms with Gasteiger partial charge in [-0.1, -0.05) is 0 Å². The predicted molar refractivity (Wildman–Crippen MR) is 131 cm³/mol. The van der Waals surface area contributed by atoms with E-state index in [0.29, 0.717) is 37.1 Å². The van der Waals surface area contributed by atoms with Crippen molar-refractivity contribution >= 4 is 28.4 Å². The van der Waals surface area contributed by atoms with Gasteiger partial charge in [0.05, 0.1) is 41.1 Å². The molecule has 0 aromatic carbocycles. The number of nitrogens with zero attached hydrogens (tertiary/aromatic N) is 6. The highest BCUT2D eigenvalue weighted by Crippen LogP contribution is 2.51. The lowest BCUT2D eigenvalue weighted by molar-refractivity contribution is -0.141. The Morgan fingerprint density at radius 1 is 1.23 bits per heavy atom. The summed E-state index contributed by atoms with van der Waals surface area (Å²) < 4.78 is 74.8. The number of likely N-dealkylation sites (tertiary alicyclic amines) is 1. The minimum atomic E-state index is -4.51. The number of ether oxygens (including phenoxy) is 1. The summed E-state index contributed by atoms with van der Waals surface area (Å²) in [6.07, 6.45) is 0.226. The largest absolute Gasteiger partial charge is 0.408 e. The monoisotopic (exact) mass is 554 g/mol. The van der Waals surface area contributed by atoms with Crippen LogP contribution in [0.4, 0.5) is 38.3 Å². The van der Waals surface area contributed by atoms with E-state index in [9.17, 15) is 26.7 Å². The highest BCUT2D eigenvalue weighted by Gasteiger charge is 2.57. The third kappa shape index (κ3) is 4.87. The molecule has 2 N–H and O–H groups in total. The number of carbonyl (C=O) groups excluding carboxylic acids is 1. The standard InChI is InChI=1S/C24H27F5N8O2/c1-39-14-2-7-35(11-14)20-15-9-30-16(8-18(15)37(34-20)13-24(27,28)29)19-17(10-31-33-19)32-21(38)36-12-23(25,26)6-5-22(36)3-4-22/h8-10,14H,2-7,11-13H2,1H3,(H,31,33)(H,32,38). The van der Waals surface area contributed by atoms with E-state index in [1.807, 2.05) is 4.90 Å². The number of hydrogen-bond acceptors (Lipinski definition) is 6. The zero-order valence-corrected chi connectivity index (χ0v) is 21.1. The van der Waals surface area contributed by atoms with E-state index in [-0.39, 0.29) is 41.5 Å². The van der Waals surface area contributed by atoms with Crippen molar-refractivity contribution in [2.24, 2.45) is 0 Å². The summed E-state index contributed by atoms with van der Waals surface area (Å²) in [5.74, 6) is -2.59. The predicted octanol–water partition coefficient (Wildman–Crippen LogP) is 4.40. The average molecular weight is 555 g/mol. The molecule has 3 aliphatic rings. The summed E-state index contributed by atoms with van der Waals surface area (Å²) >= 11 is 0. The summed E-state index contributed by atoms with van der Waals surface area (Å²) in [5.41, 5.74) is 0.283. The number of H-pyrrole nitrogens is 1. The van der Waals surface area contributed by atoms with E-state index in [0.717, 1.165) is 11.1 Å². The van der Waals surface area contributed by atoms with Crippen molar-refractivity contribution in [3.63, 3.8) is 0 Å². The Kier molecular flexibility index (Phi) is 5.97. The maximum Gasteiger partial charge on any atom is 0.408 e. The zero-order valence-electron chi connectivity index (χ0n) is 21.1. The molecule has 210 valence electrons. The van der Waals surface area contributed by atoms with Gasteiger partial charge in [0.2, 0.25) is 0 Å². The lowest BCUT2D eigenvalue weighted by atomic mass is 9.97. The normalized spacial score (nSPS) is 22.2. The molecular formula is C24H27F5N8O2. The summed E-state index contributed by atoms with van der Waals surface area (Å²) in [6, 6.07) is 0.768. The minimum Gasteiger partial charge on any atom is -0.380 e. The fourth-order valence-corrected chi connectivity index (χ4v) is 5.57. The molecule has 39 heavy (non-hydrogen) atoms. The number of rotatable bonds is 5. The first kappa shape index (κ1) is 25.8. The van der Waals surface area contributed by atoms with Crippen molar-refractivity contribution in [1.29, 1.82) is 0 Å². The van der Waals surface area contributed by atoms with E-state index in [4.69, 9.17) is 4.74 Å². The van der Waals surface area contributed by atoms with Gasteiger partial charge in [0.15, 0.2) is 5.82 Å². The molecule has 1 atom stereocenters. The van der Waals surface area contributed by atoms with Gasteiger partial charge in [-0.2, -0.15) is 23.4 Å². The third-order valence-electron chi connectivity index (χ3n) is 7.85. The molecule has 0 radical (unpaired) electrons. The number of aromatic amines is 1. The molecule has 1 unspecified atom stereocenters. The van der Waals surface area contributed by atoms with Gasteiger partial charge in [-0.05, 0) is 31.7 Å². The highest BCUT2D eigenvalue weighted by atomic mass is 19.4. The molecule has 5 heterocycles. The number of pyridine rings is 1. The van der Waals surface area contributed by atoms with Crippen LogP contribution in [0.1, 0.15) is 32.1 Å². The highest BCUT2D eigenvalue weighted by molar-refractivity contribution is 5.96. The van der Waals surface area contributed by atoms with Gasteiger partial charge in [0.25, 0.3) is 5.92 Å². The molecule has 6 rings (SSSR count). The minimum absolute atomic E-state index is 0.0501. The van der Waals surface area contributed by atoms with Gasteiger partial charge in [0.1, 0.15) is 12.2 Å². The number of hydrogen-bond donors (Lipinski definition) is 2. The Morgan fingerprint density at radius 3 is 2.69 bits per heavy atom. The molecule has 15 heteroatoms. The molecule has 1 aliphatic carbocycles. The van der Waals surface area contributed by atoms with E-state index >= 15 is 0 Å². The molecule has 3 fully saturated rings. The van der Waals surface area contributed by atoms with Gasteiger partial charge < -0.3 is 19.9 Å². The fourth-order valence-electron chi connectivity index (χ4n) is 5.57. The van der Waals surface area contributed by atoms with Crippen molar-refractivity contribution < 1.29 is 31.5 Å². The molecule has 3 aromatic heterocycles. The topological polar surface area (TPSA) is 104 Å². The lowest BCUT2D eigenvalue weighted by Gasteiger charge is -2.40. The van der Waals surface area contributed by atoms with Gasteiger partial charge in [-0.3, -0.25) is 14.8 Å². The summed E-state index contributed by atoms with van der Waals surface area (Å²) in [7, 11) is 1.59. The number of carbonyl (C=O) groups is 1. The van der Waals surface area contributed by atoms with Crippen LogP contribution >= 0.6 is 0 Å². The van der Waals surface area contributed by atoms with Crippen LogP contribution in [0, 0.1) is 0 Å². The van der Waals surface area contributed by atoms with Crippen LogP contribution in [-0.4, -0.2) is 86.4 Å². The van der Waals surface area contributed by atoms with Gasteiger partial charge in [-0.15, -0.1) is 0 Å².